The van der Waals surface area contributed by atoms with Gasteiger partial charge >= 0.3 is 12.1 Å². The van der Waals surface area contributed by atoms with Crippen LogP contribution in [0.2, 0.25) is 0 Å². The van der Waals surface area contributed by atoms with Gasteiger partial charge in [-0.1, -0.05) is 0 Å². The topological polar surface area (TPSA) is 106 Å². The van der Waals surface area contributed by atoms with Gasteiger partial charge in [-0.3, -0.25) is 4.79 Å². The molecule has 158 valence electrons. The van der Waals surface area contributed by atoms with Gasteiger partial charge in [-0.25, -0.2) is 14.8 Å². The van der Waals surface area contributed by atoms with E-state index in [1.54, 1.807) is 6.92 Å². The molecule has 0 aliphatic rings. The van der Waals surface area contributed by atoms with Crippen LogP contribution in [0.4, 0.5) is 13.2 Å². The van der Waals surface area contributed by atoms with Gasteiger partial charge < -0.3 is 19.7 Å². The van der Waals surface area contributed by atoms with E-state index in [-0.39, 0.29) is 23.6 Å². The molecule has 0 aliphatic heterocycles. The van der Waals surface area contributed by atoms with Crippen LogP contribution in [0.5, 0.6) is 0 Å². The van der Waals surface area contributed by atoms with Crippen molar-refractivity contribution >= 4 is 11.9 Å². The minimum atomic E-state index is -4.99. The van der Waals surface area contributed by atoms with Gasteiger partial charge in [0, 0.05) is 32.4 Å². The van der Waals surface area contributed by atoms with E-state index < -0.39 is 42.4 Å². The lowest BCUT2D eigenvalue weighted by atomic mass is 9.97. The molecule has 0 saturated carbocycles. The molecule has 0 aliphatic carbocycles. The minimum Gasteiger partial charge on any atom is -0.462 e. The number of imidazole rings is 1. The number of ether oxygens (including phenoxy) is 1. The van der Waals surface area contributed by atoms with E-state index in [1.165, 1.54) is 32.3 Å². The summed E-state index contributed by atoms with van der Waals surface area (Å²) in [6.07, 6.45) is -3.41. The fourth-order valence-electron chi connectivity index (χ4n) is 2.70. The van der Waals surface area contributed by atoms with Gasteiger partial charge in [0.25, 0.3) is 5.91 Å². The third-order valence-corrected chi connectivity index (χ3v) is 4.25. The zero-order valence-electron chi connectivity index (χ0n) is 16.1. The smallest absolute Gasteiger partial charge is 0.424 e. The molecule has 2 aromatic heterocycles. The first-order valence-corrected chi connectivity index (χ1v) is 8.71. The molecule has 1 unspecified atom stereocenters. The Balaban J connectivity index is 2.09. The molecule has 0 bridgehead atoms. The number of aryl methyl sites for hydroxylation is 2. The first-order chi connectivity index (χ1) is 13.5. The Morgan fingerprint density at radius 1 is 1.31 bits per heavy atom. The summed E-state index contributed by atoms with van der Waals surface area (Å²) < 4.78 is 46.3. The van der Waals surface area contributed by atoms with Gasteiger partial charge in [0.15, 0.2) is 0 Å². The van der Waals surface area contributed by atoms with Crippen LogP contribution in [-0.2, 0) is 17.4 Å². The number of pyridine rings is 1. The Morgan fingerprint density at radius 3 is 2.52 bits per heavy atom. The van der Waals surface area contributed by atoms with E-state index in [9.17, 15) is 27.9 Å². The van der Waals surface area contributed by atoms with Gasteiger partial charge in [0.05, 0.1) is 17.9 Å². The number of carbonyl (C=O) groups is 2. The summed E-state index contributed by atoms with van der Waals surface area (Å²) in [4.78, 5) is 31.6. The molecular weight excluding hydrogens is 393 g/mol. The Bertz CT molecular complexity index is 897. The quantitative estimate of drug-likeness (QED) is 0.670. The number of aliphatic hydroxyl groups is 1. The normalized spacial score (nSPS) is 13.6. The highest BCUT2D eigenvalue weighted by molar-refractivity contribution is 5.95. The number of hydrogen-bond donors (Lipinski definition) is 2. The number of nitrogens with zero attached hydrogens (tertiary/aromatic N) is 3. The van der Waals surface area contributed by atoms with Crippen LogP contribution >= 0.6 is 0 Å². The van der Waals surface area contributed by atoms with E-state index in [4.69, 9.17) is 4.74 Å². The highest BCUT2D eigenvalue weighted by atomic mass is 19.4. The molecular formula is C18H21F3N4O4. The Kier molecular flexibility index (Phi) is 6.62. The van der Waals surface area contributed by atoms with Crippen molar-refractivity contribution in [2.24, 2.45) is 7.05 Å². The number of esters is 1. The van der Waals surface area contributed by atoms with Crippen LogP contribution in [0.15, 0.2) is 24.5 Å². The molecule has 2 heterocycles. The van der Waals surface area contributed by atoms with Crippen LogP contribution in [0.25, 0.3) is 0 Å². The molecule has 11 heteroatoms. The van der Waals surface area contributed by atoms with Crippen molar-refractivity contribution in [3.63, 3.8) is 0 Å². The number of carbonyl (C=O) groups excluding carboxylic acids is 2. The summed E-state index contributed by atoms with van der Waals surface area (Å²) in [5, 5.41) is 12.5. The zero-order valence-corrected chi connectivity index (χ0v) is 16.1. The van der Waals surface area contributed by atoms with E-state index in [1.807, 2.05) is 0 Å². The summed E-state index contributed by atoms with van der Waals surface area (Å²) >= 11 is 0. The van der Waals surface area contributed by atoms with Crippen LogP contribution in [0.3, 0.4) is 0 Å². The van der Waals surface area contributed by atoms with Crippen molar-refractivity contribution < 1.29 is 32.6 Å². The Morgan fingerprint density at radius 2 is 2.00 bits per heavy atom. The summed E-state index contributed by atoms with van der Waals surface area (Å²) in [5.74, 6) is -1.91. The highest BCUT2D eigenvalue weighted by Crippen LogP contribution is 2.40. The first kappa shape index (κ1) is 22.3. The monoisotopic (exact) mass is 414 g/mol. The number of amides is 1. The van der Waals surface area contributed by atoms with E-state index in [2.05, 4.69) is 15.3 Å². The Labute approximate surface area is 164 Å². The van der Waals surface area contributed by atoms with Gasteiger partial charge in [0.2, 0.25) is 5.60 Å². The third kappa shape index (κ3) is 4.73. The van der Waals surface area contributed by atoms with Crippen molar-refractivity contribution in [3.8, 4) is 0 Å². The number of hydrogen-bond acceptors (Lipinski definition) is 6. The molecule has 8 nitrogen and oxygen atoms in total. The second kappa shape index (κ2) is 8.60. The van der Waals surface area contributed by atoms with Crippen molar-refractivity contribution in [1.29, 1.82) is 0 Å². The predicted octanol–water partition coefficient (Wildman–Crippen LogP) is 1.87. The largest absolute Gasteiger partial charge is 0.462 e. The van der Waals surface area contributed by atoms with Gasteiger partial charge in [-0.2, -0.15) is 13.2 Å². The van der Waals surface area contributed by atoms with Crippen LogP contribution in [0, 0.1) is 6.92 Å². The average Bonchev–Trinajstić information content (AvgIpc) is 3.07. The molecule has 0 fully saturated rings. The molecule has 0 aromatic carbocycles. The SMILES string of the molecule is CCOC(=O)c1ccc(C(=O)NCCC(O)(c2nccn2C)C(F)(F)F)nc1C. The number of nitrogens with one attached hydrogen (secondary N) is 1. The number of aromatic nitrogens is 3. The molecule has 1 atom stereocenters. The molecule has 1 amide bonds. The maximum absolute atomic E-state index is 13.5. The second-order valence-electron chi connectivity index (χ2n) is 6.28. The lowest BCUT2D eigenvalue weighted by molar-refractivity contribution is -0.272. The van der Waals surface area contributed by atoms with Crippen molar-refractivity contribution in [2.45, 2.75) is 32.0 Å². The number of rotatable bonds is 7. The molecule has 0 saturated heterocycles. The minimum absolute atomic E-state index is 0.0805. The molecule has 29 heavy (non-hydrogen) atoms. The molecule has 0 radical (unpaired) electrons. The lowest BCUT2D eigenvalue weighted by Crippen LogP contribution is -2.46. The summed E-state index contributed by atoms with van der Waals surface area (Å²) in [7, 11) is 1.33. The average molecular weight is 414 g/mol. The van der Waals surface area contributed by atoms with Crippen LogP contribution in [-0.4, -0.2) is 50.8 Å². The molecule has 2 aromatic rings. The predicted molar refractivity (Wildman–Crippen MR) is 95.0 cm³/mol. The maximum atomic E-state index is 13.5. The third-order valence-electron chi connectivity index (χ3n) is 4.25. The fraction of sp³-hybridized carbons (Fsp3) is 0.444. The molecule has 2 N–H and O–H groups in total. The van der Waals surface area contributed by atoms with Gasteiger partial charge in [-0.15, -0.1) is 0 Å². The van der Waals surface area contributed by atoms with Gasteiger partial charge in [-0.05, 0) is 26.0 Å². The van der Waals surface area contributed by atoms with Crippen molar-refractivity contribution in [2.75, 3.05) is 13.2 Å². The summed E-state index contributed by atoms with van der Waals surface area (Å²) in [6.45, 7) is 2.85. The first-order valence-electron chi connectivity index (χ1n) is 8.71. The molecule has 0 spiro atoms. The van der Waals surface area contributed by atoms with Crippen LogP contribution in [0.1, 0.15) is 45.7 Å². The van der Waals surface area contributed by atoms with E-state index >= 15 is 0 Å². The van der Waals surface area contributed by atoms with Crippen molar-refractivity contribution in [1.82, 2.24) is 19.9 Å². The standard InChI is InChI=1S/C18H21F3N4O4/c1-4-29-15(27)12-5-6-13(24-11(12)2)14(26)22-8-7-17(28,18(19,20)21)16-23-9-10-25(16)3/h5-6,9-10,28H,4,7-8H2,1-3H3,(H,22,26). The fourth-order valence-corrected chi connectivity index (χ4v) is 2.70. The highest BCUT2D eigenvalue weighted by Gasteiger charge is 2.57. The summed E-state index contributed by atoms with van der Waals surface area (Å²) in [5.41, 5.74) is -2.88. The maximum Gasteiger partial charge on any atom is 0.424 e. The zero-order chi connectivity index (χ0) is 21.8. The summed E-state index contributed by atoms with van der Waals surface area (Å²) in [6, 6.07) is 2.62. The van der Waals surface area contributed by atoms with Crippen molar-refractivity contribution in [3.05, 3.63) is 47.3 Å². The molecule has 2 rings (SSSR count). The van der Waals surface area contributed by atoms with Gasteiger partial charge in [0.1, 0.15) is 11.5 Å². The Hall–Kier alpha value is -2.95. The second-order valence-corrected chi connectivity index (χ2v) is 6.28. The van der Waals surface area contributed by atoms with E-state index in [0.29, 0.717) is 0 Å². The lowest BCUT2D eigenvalue weighted by Gasteiger charge is -2.29. The number of halogens is 3. The number of alkyl halides is 3. The van der Waals surface area contributed by atoms with Crippen LogP contribution < -0.4 is 5.32 Å². The van der Waals surface area contributed by atoms with E-state index in [0.717, 1.165) is 10.8 Å².